The topological polar surface area (TPSA) is 77.3 Å². The predicted molar refractivity (Wildman–Crippen MR) is 217 cm³/mol. The van der Waals surface area contributed by atoms with Gasteiger partial charge in [0.1, 0.15) is 0 Å². The first kappa shape index (κ1) is 31.8. The van der Waals surface area contributed by atoms with E-state index in [0.29, 0.717) is 34.9 Å². The standard InChI is InChI=1S/C49H36N6/c1-4-12-31(13-5-1)44-50-45(32-14-6-2-7-15-32)53-48(52-44)37-20-10-18-35(26-37)36-19-11-21-38(27-36)49-54-46(33-16-8-3-9-17-33)51-47(55-49)34-24-22-30(23-25-34)42-40-28-39-29-41(42)43(39)40/h1-27,39-43H,28-29H2. The third kappa shape index (κ3) is 5.64. The average molecular weight is 709 g/mol. The van der Waals surface area contributed by atoms with Crippen molar-refractivity contribution in [1.82, 2.24) is 29.9 Å². The Kier molecular flexibility index (Phi) is 7.54. The van der Waals surface area contributed by atoms with Gasteiger partial charge >= 0.3 is 0 Å². The molecule has 2 atom stereocenters. The fourth-order valence-corrected chi connectivity index (χ4v) is 9.31. The molecule has 55 heavy (non-hydrogen) atoms. The van der Waals surface area contributed by atoms with Crippen LogP contribution in [0.15, 0.2) is 164 Å². The lowest BCUT2D eigenvalue weighted by molar-refractivity contribution is -0.214. The summed E-state index contributed by atoms with van der Waals surface area (Å²) >= 11 is 0. The molecular weight excluding hydrogens is 673 g/mol. The molecule has 0 N–H and O–H groups in total. The Hall–Kier alpha value is -6.66. The Labute approximate surface area is 320 Å². The van der Waals surface area contributed by atoms with E-state index >= 15 is 0 Å². The first-order valence-corrected chi connectivity index (χ1v) is 19.2. The second-order valence-electron chi connectivity index (χ2n) is 15.2. The van der Waals surface area contributed by atoms with Crippen molar-refractivity contribution in [3.05, 3.63) is 169 Å². The number of nitrogens with zero attached hydrogens (tertiary/aromatic N) is 6. The number of hydrogen-bond donors (Lipinski definition) is 0. The molecule has 3 saturated carbocycles. The van der Waals surface area contributed by atoms with Crippen LogP contribution >= 0.6 is 0 Å². The van der Waals surface area contributed by atoms with Gasteiger partial charge in [0, 0.05) is 33.4 Å². The summed E-state index contributed by atoms with van der Waals surface area (Å²) in [6, 6.07) is 56.2. The quantitative estimate of drug-likeness (QED) is 0.156. The molecule has 0 radical (unpaired) electrons. The van der Waals surface area contributed by atoms with Gasteiger partial charge in [0.15, 0.2) is 34.9 Å². The van der Waals surface area contributed by atoms with Crippen molar-refractivity contribution in [2.24, 2.45) is 23.7 Å². The average Bonchev–Trinajstić information content (AvgIpc) is 3.27. The van der Waals surface area contributed by atoms with Crippen LogP contribution in [0.4, 0.5) is 0 Å². The Bertz CT molecular complexity index is 2610. The van der Waals surface area contributed by atoms with Crippen LogP contribution in [0, 0.1) is 23.7 Å². The molecule has 11 rings (SSSR count). The summed E-state index contributed by atoms with van der Waals surface area (Å²) in [4.78, 5) is 29.9. The molecule has 6 heteroatoms. The second-order valence-corrected chi connectivity index (χ2v) is 15.2. The second kappa shape index (κ2) is 13.0. The highest BCUT2D eigenvalue weighted by atomic mass is 15.0. The van der Waals surface area contributed by atoms with Crippen LogP contribution in [0.2, 0.25) is 0 Å². The maximum Gasteiger partial charge on any atom is 0.164 e. The van der Waals surface area contributed by atoms with Crippen molar-refractivity contribution >= 4 is 0 Å². The van der Waals surface area contributed by atoms with Crippen LogP contribution in [-0.2, 0) is 0 Å². The summed E-state index contributed by atoms with van der Waals surface area (Å²) < 4.78 is 0. The first-order valence-electron chi connectivity index (χ1n) is 19.2. The van der Waals surface area contributed by atoms with Crippen molar-refractivity contribution in [2.75, 3.05) is 0 Å². The minimum Gasteiger partial charge on any atom is -0.208 e. The molecule has 3 aliphatic rings. The summed E-state index contributed by atoms with van der Waals surface area (Å²) in [6.45, 7) is 0. The van der Waals surface area contributed by atoms with Crippen molar-refractivity contribution in [3.8, 4) is 79.5 Å². The van der Waals surface area contributed by atoms with E-state index in [9.17, 15) is 0 Å². The van der Waals surface area contributed by atoms with Crippen LogP contribution < -0.4 is 0 Å². The number of hydrogen-bond acceptors (Lipinski definition) is 6. The molecule has 0 spiro atoms. The van der Waals surface area contributed by atoms with Gasteiger partial charge in [-0.2, -0.15) is 0 Å². The third-order valence-corrected chi connectivity index (χ3v) is 12.1. The Morgan fingerprint density at radius 1 is 0.309 bits per heavy atom. The van der Waals surface area contributed by atoms with Crippen LogP contribution in [0.3, 0.4) is 0 Å². The summed E-state index contributed by atoms with van der Waals surface area (Å²) in [6.07, 6.45) is 2.85. The molecule has 3 aliphatic carbocycles. The number of rotatable bonds is 8. The monoisotopic (exact) mass is 708 g/mol. The molecule has 3 fully saturated rings. The number of benzene rings is 6. The van der Waals surface area contributed by atoms with Gasteiger partial charge in [0.05, 0.1) is 0 Å². The lowest BCUT2D eigenvalue weighted by Gasteiger charge is -2.73. The normalized spacial score (nSPS) is 20.4. The van der Waals surface area contributed by atoms with Gasteiger partial charge in [-0.05, 0) is 71.3 Å². The molecule has 262 valence electrons. The summed E-state index contributed by atoms with van der Waals surface area (Å²) in [5.41, 5.74) is 9.23. The highest BCUT2D eigenvalue weighted by Crippen LogP contribution is 2.75. The zero-order valence-electron chi connectivity index (χ0n) is 30.1. The van der Waals surface area contributed by atoms with Gasteiger partial charge < -0.3 is 0 Å². The van der Waals surface area contributed by atoms with Crippen molar-refractivity contribution in [1.29, 1.82) is 0 Å². The molecule has 0 aliphatic heterocycles. The van der Waals surface area contributed by atoms with E-state index in [-0.39, 0.29) is 0 Å². The molecule has 2 aromatic heterocycles. The molecular formula is C49H36N6. The summed E-state index contributed by atoms with van der Waals surface area (Å²) in [5, 5.41) is 0. The molecule has 0 saturated heterocycles. The van der Waals surface area contributed by atoms with Crippen LogP contribution in [0.25, 0.3) is 79.5 Å². The zero-order valence-corrected chi connectivity index (χ0v) is 30.1. The van der Waals surface area contributed by atoms with E-state index in [1.165, 1.54) is 18.4 Å². The van der Waals surface area contributed by atoms with Crippen molar-refractivity contribution in [3.63, 3.8) is 0 Å². The fraction of sp³-hybridized carbons (Fsp3) is 0.143. The van der Waals surface area contributed by atoms with Crippen molar-refractivity contribution in [2.45, 2.75) is 18.8 Å². The van der Waals surface area contributed by atoms with Gasteiger partial charge in [-0.25, -0.2) is 29.9 Å². The van der Waals surface area contributed by atoms with Gasteiger partial charge in [-0.3, -0.25) is 0 Å². The van der Waals surface area contributed by atoms with E-state index in [4.69, 9.17) is 29.9 Å². The van der Waals surface area contributed by atoms with Crippen LogP contribution in [0.5, 0.6) is 0 Å². The molecule has 0 bridgehead atoms. The molecule has 6 aromatic carbocycles. The smallest absolute Gasteiger partial charge is 0.164 e. The largest absolute Gasteiger partial charge is 0.208 e. The Balaban J connectivity index is 0.955. The minimum atomic E-state index is 0.619. The Morgan fingerprint density at radius 3 is 1.00 bits per heavy atom. The highest BCUT2D eigenvalue weighted by molar-refractivity contribution is 5.76. The van der Waals surface area contributed by atoms with Gasteiger partial charge in [-0.1, -0.05) is 152 Å². The SMILES string of the molecule is c1ccc(-c2nc(-c3ccccc3)nc(-c3cccc(-c4cccc(-c5nc(-c6ccccc6)nc(-c6ccc(C7C8CC9CC7C98)cc6)n5)c4)c3)n2)cc1. The van der Waals surface area contributed by atoms with E-state index in [0.717, 1.165) is 74.1 Å². The van der Waals surface area contributed by atoms with Crippen LogP contribution in [0.1, 0.15) is 24.3 Å². The lowest BCUT2D eigenvalue weighted by atomic mass is 9.31. The van der Waals surface area contributed by atoms with Gasteiger partial charge in [0.2, 0.25) is 0 Å². The zero-order chi connectivity index (χ0) is 36.3. The van der Waals surface area contributed by atoms with Gasteiger partial charge in [0.25, 0.3) is 0 Å². The van der Waals surface area contributed by atoms with E-state index in [1.54, 1.807) is 0 Å². The predicted octanol–water partition coefficient (Wildman–Crippen LogP) is 11.1. The summed E-state index contributed by atoms with van der Waals surface area (Å²) in [7, 11) is 0. The first-order chi connectivity index (χ1) is 27.2. The number of aromatic nitrogens is 6. The van der Waals surface area contributed by atoms with Crippen LogP contribution in [-0.4, -0.2) is 29.9 Å². The van der Waals surface area contributed by atoms with E-state index in [2.05, 4.69) is 84.9 Å². The molecule has 0 amide bonds. The molecule has 8 aromatic rings. The van der Waals surface area contributed by atoms with Crippen molar-refractivity contribution < 1.29 is 0 Å². The molecule has 2 heterocycles. The lowest BCUT2D eigenvalue weighted by Crippen LogP contribution is -2.65. The maximum absolute atomic E-state index is 5.10. The fourth-order valence-electron chi connectivity index (χ4n) is 9.31. The third-order valence-electron chi connectivity index (χ3n) is 12.1. The molecule has 2 unspecified atom stereocenters. The Morgan fingerprint density at radius 2 is 0.636 bits per heavy atom. The van der Waals surface area contributed by atoms with E-state index in [1.807, 2.05) is 78.9 Å². The summed E-state index contributed by atoms with van der Waals surface area (Å²) in [5.74, 6) is 8.48. The molecule has 6 nitrogen and oxygen atoms in total. The highest BCUT2D eigenvalue weighted by Gasteiger charge is 2.67. The van der Waals surface area contributed by atoms with Gasteiger partial charge in [-0.15, -0.1) is 0 Å². The minimum absolute atomic E-state index is 0.619. The van der Waals surface area contributed by atoms with E-state index < -0.39 is 0 Å². The maximum atomic E-state index is 5.10.